The summed E-state index contributed by atoms with van der Waals surface area (Å²) in [6.45, 7) is 0. The third kappa shape index (κ3) is 4.26. The molecule has 0 atom stereocenters. The minimum absolute atomic E-state index is 0.210. The van der Waals surface area contributed by atoms with Crippen LogP contribution in [0.25, 0.3) is 22.3 Å². The predicted octanol–water partition coefficient (Wildman–Crippen LogP) is 9.04. The summed E-state index contributed by atoms with van der Waals surface area (Å²) >= 11 is -2.81. The van der Waals surface area contributed by atoms with E-state index in [4.69, 9.17) is 10.0 Å². The number of hydrogen-bond donors (Lipinski definition) is 0. The van der Waals surface area contributed by atoms with Gasteiger partial charge in [-0.05, 0) is 0 Å². The van der Waals surface area contributed by atoms with Gasteiger partial charge in [-0.3, -0.25) is 0 Å². The van der Waals surface area contributed by atoms with E-state index in [9.17, 15) is 0 Å². The van der Waals surface area contributed by atoms with E-state index in [0.717, 1.165) is 0 Å². The van der Waals surface area contributed by atoms with E-state index >= 15 is 0 Å². The number of rotatable bonds is 5. The second-order valence-electron chi connectivity index (χ2n) is 9.04. The van der Waals surface area contributed by atoms with Crippen LogP contribution < -0.4 is 0 Å². The van der Waals surface area contributed by atoms with Gasteiger partial charge < -0.3 is 0 Å². The Labute approximate surface area is 203 Å². The van der Waals surface area contributed by atoms with Crippen molar-refractivity contribution >= 4 is 44.6 Å². The fraction of sp³-hybridized carbons (Fsp3) is 0.0968. The molecular weight excluding hydrogens is 480 g/mol. The van der Waals surface area contributed by atoms with Gasteiger partial charge in [0.2, 0.25) is 0 Å². The zero-order valence-electron chi connectivity index (χ0n) is 19.0. The molecule has 0 fully saturated rings. The Kier molecular flexibility index (Phi) is 6.14. The summed E-state index contributed by atoms with van der Waals surface area (Å²) in [7, 11) is 7.45. The van der Waals surface area contributed by atoms with Crippen LogP contribution in [0, 0.1) is 0 Å². The molecule has 33 heavy (non-hydrogen) atoms. The van der Waals surface area contributed by atoms with Crippen molar-refractivity contribution in [2.24, 2.45) is 0 Å². The number of hydrogen-bond acceptors (Lipinski definition) is 0. The van der Waals surface area contributed by atoms with E-state index < -0.39 is 12.3 Å². The molecule has 0 spiro atoms. The molecule has 0 nitrogen and oxygen atoms in total. The van der Waals surface area contributed by atoms with E-state index in [2.05, 4.69) is 133 Å². The molecule has 1 aliphatic rings. The Morgan fingerprint density at radius 3 is 1.00 bits per heavy atom. The third-order valence-electron chi connectivity index (χ3n) is 6.35. The van der Waals surface area contributed by atoms with Crippen molar-refractivity contribution < 1.29 is 0 Å². The summed E-state index contributed by atoms with van der Waals surface area (Å²) in [6, 6.07) is 43.4. The van der Waals surface area contributed by atoms with Gasteiger partial charge in [-0.25, -0.2) is 0 Å². The standard InChI is InChI=1S/C31H27ClGe/c1-33(2,32)31-29(25-19-11-5-12-20-25)27(23-15-7-3-8-16-23)28(24-17-9-4-10-18-24)30(31)26-21-13-6-14-22-26/h3-22,31H,1-2H3. The molecule has 0 saturated carbocycles. The van der Waals surface area contributed by atoms with Crippen LogP contribution in [0.1, 0.15) is 22.3 Å². The van der Waals surface area contributed by atoms with Gasteiger partial charge in [0.1, 0.15) is 0 Å². The maximum absolute atomic E-state index is 7.45. The first-order chi connectivity index (χ1) is 16.1. The van der Waals surface area contributed by atoms with Gasteiger partial charge >= 0.3 is 204 Å². The van der Waals surface area contributed by atoms with E-state index in [1.807, 2.05) is 0 Å². The molecule has 0 aromatic heterocycles. The first kappa shape index (κ1) is 22.0. The number of halogens is 1. The molecule has 162 valence electrons. The first-order valence-electron chi connectivity index (χ1n) is 11.4. The maximum atomic E-state index is 7.45. The summed E-state index contributed by atoms with van der Waals surface area (Å²) in [4.78, 5) is 0. The van der Waals surface area contributed by atoms with Gasteiger partial charge in [-0.1, -0.05) is 0 Å². The second-order valence-corrected chi connectivity index (χ2v) is 21.9. The molecule has 0 unspecified atom stereocenters. The van der Waals surface area contributed by atoms with Crippen LogP contribution in [0.3, 0.4) is 0 Å². The molecule has 0 saturated heterocycles. The van der Waals surface area contributed by atoms with Crippen LogP contribution in [-0.4, -0.2) is 12.3 Å². The Morgan fingerprint density at radius 1 is 0.455 bits per heavy atom. The van der Waals surface area contributed by atoms with Crippen molar-refractivity contribution in [1.82, 2.24) is 0 Å². The molecule has 0 aliphatic heterocycles. The van der Waals surface area contributed by atoms with Crippen molar-refractivity contribution in [2.45, 2.75) is 16.3 Å². The van der Waals surface area contributed by atoms with E-state index in [1.165, 1.54) is 44.5 Å². The van der Waals surface area contributed by atoms with Crippen LogP contribution >= 0.6 is 10.0 Å². The van der Waals surface area contributed by atoms with E-state index in [1.54, 1.807) is 0 Å². The fourth-order valence-electron chi connectivity index (χ4n) is 5.06. The molecule has 4 aromatic carbocycles. The molecule has 0 bridgehead atoms. The molecule has 0 amide bonds. The monoisotopic (exact) mass is 508 g/mol. The van der Waals surface area contributed by atoms with Crippen molar-refractivity contribution in [1.29, 1.82) is 0 Å². The molecule has 0 N–H and O–H groups in total. The van der Waals surface area contributed by atoms with Gasteiger partial charge in [0.05, 0.1) is 0 Å². The zero-order chi connectivity index (χ0) is 22.8. The average molecular weight is 508 g/mol. The van der Waals surface area contributed by atoms with E-state index in [0.29, 0.717) is 0 Å². The second kappa shape index (κ2) is 9.21. The quantitative estimate of drug-likeness (QED) is 0.236. The molecule has 0 radical (unpaired) electrons. The first-order valence-corrected chi connectivity index (χ1v) is 19.6. The number of allylic oxidation sites excluding steroid dienone is 4. The summed E-state index contributed by atoms with van der Waals surface area (Å²) < 4.78 is 0.210. The molecule has 2 heteroatoms. The van der Waals surface area contributed by atoms with Gasteiger partial charge in [0.15, 0.2) is 0 Å². The van der Waals surface area contributed by atoms with Crippen LogP contribution in [0.2, 0.25) is 16.3 Å². The molecule has 1 aliphatic carbocycles. The van der Waals surface area contributed by atoms with Gasteiger partial charge in [0, 0.05) is 0 Å². The molecule has 0 heterocycles. The zero-order valence-corrected chi connectivity index (χ0v) is 21.9. The van der Waals surface area contributed by atoms with Crippen molar-refractivity contribution in [3.8, 4) is 0 Å². The van der Waals surface area contributed by atoms with Crippen LogP contribution in [0.15, 0.2) is 121 Å². The molecule has 4 aromatic rings. The summed E-state index contributed by atoms with van der Waals surface area (Å²) in [6.07, 6.45) is 0. The van der Waals surface area contributed by atoms with Gasteiger partial charge in [0.25, 0.3) is 0 Å². The summed E-state index contributed by atoms with van der Waals surface area (Å²) in [5.74, 6) is 4.66. The predicted molar refractivity (Wildman–Crippen MR) is 146 cm³/mol. The molecule has 5 rings (SSSR count). The SMILES string of the molecule is [CH3][Ge]([CH3])([Cl])[CH]1C(c2ccccc2)=C(c2ccccc2)C(c2ccccc2)=C1c1ccccc1. The van der Waals surface area contributed by atoms with Crippen LogP contribution in [0.5, 0.6) is 0 Å². The van der Waals surface area contributed by atoms with Crippen molar-refractivity contribution in [3.05, 3.63) is 144 Å². The van der Waals surface area contributed by atoms with Crippen molar-refractivity contribution in [3.63, 3.8) is 0 Å². The van der Waals surface area contributed by atoms with Gasteiger partial charge in [-0.2, -0.15) is 0 Å². The minimum atomic E-state index is -2.81. The topological polar surface area (TPSA) is 0 Å². The molecular formula is C31H27ClGe. The third-order valence-corrected chi connectivity index (χ3v) is 11.6. The van der Waals surface area contributed by atoms with Crippen molar-refractivity contribution in [2.75, 3.05) is 0 Å². The van der Waals surface area contributed by atoms with Gasteiger partial charge in [-0.15, -0.1) is 0 Å². The van der Waals surface area contributed by atoms with Crippen LogP contribution in [0.4, 0.5) is 0 Å². The Morgan fingerprint density at radius 2 is 0.727 bits per heavy atom. The van der Waals surface area contributed by atoms with E-state index in [-0.39, 0.29) is 4.75 Å². The normalized spacial score (nSPS) is 14.8. The fourth-order valence-corrected chi connectivity index (χ4v) is 10.4. The Hall–Kier alpha value is -2.81. The summed E-state index contributed by atoms with van der Waals surface area (Å²) in [5, 5.41) is 0. The average Bonchev–Trinajstić information content (AvgIpc) is 3.23. The number of benzene rings is 4. The summed E-state index contributed by atoms with van der Waals surface area (Å²) in [5.41, 5.74) is 10.4. The Bertz CT molecular complexity index is 1200. The van der Waals surface area contributed by atoms with Crippen LogP contribution in [-0.2, 0) is 0 Å². The Balaban J connectivity index is 1.94.